The molecule has 0 bridgehead atoms. The van der Waals surface area contributed by atoms with E-state index < -0.39 is 25.2 Å². The van der Waals surface area contributed by atoms with Gasteiger partial charge in [0.05, 0.1) is 18.6 Å². The first kappa shape index (κ1) is 14.3. The first-order chi connectivity index (χ1) is 8.31. The van der Waals surface area contributed by atoms with Crippen molar-refractivity contribution in [3.8, 4) is 5.88 Å². The number of ether oxygens (including phenoxy) is 1. The zero-order valence-electron chi connectivity index (χ0n) is 9.62. The smallest absolute Gasteiger partial charge is 0.392 e. The molecule has 1 aromatic heterocycles. The van der Waals surface area contributed by atoms with Gasteiger partial charge in [-0.3, -0.25) is 0 Å². The van der Waals surface area contributed by atoms with Crippen LogP contribution in [-0.2, 0) is 6.42 Å². The average Bonchev–Trinajstić information content (AvgIpc) is 2.26. The minimum absolute atomic E-state index is 0.0520. The predicted molar refractivity (Wildman–Crippen MR) is 56.7 cm³/mol. The van der Waals surface area contributed by atoms with Crippen LogP contribution in [0.5, 0.6) is 5.88 Å². The van der Waals surface area contributed by atoms with Gasteiger partial charge in [-0.05, 0) is 12.5 Å². The van der Waals surface area contributed by atoms with Crippen LogP contribution in [0.1, 0.15) is 29.4 Å². The van der Waals surface area contributed by atoms with Crippen LogP contribution in [0.3, 0.4) is 0 Å². The largest absolute Gasteiger partial charge is 0.478 e. The van der Waals surface area contributed by atoms with Gasteiger partial charge in [-0.2, -0.15) is 13.2 Å². The van der Waals surface area contributed by atoms with E-state index in [0.29, 0.717) is 12.1 Å². The summed E-state index contributed by atoms with van der Waals surface area (Å²) < 4.78 is 40.6. The average molecular weight is 263 g/mol. The van der Waals surface area contributed by atoms with Crippen LogP contribution in [0.2, 0.25) is 0 Å². The van der Waals surface area contributed by atoms with Gasteiger partial charge in [0.15, 0.2) is 0 Å². The summed E-state index contributed by atoms with van der Waals surface area (Å²) >= 11 is 0. The van der Waals surface area contributed by atoms with Crippen LogP contribution in [-0.4, -0.2) is 28.8 Å². The fraction of sp³-hybridized carbons (Fsp3) is 0.455. The number of rotatable bonds is 5. The Morgan fingerprint density at radius 1 is 1.44 bits per heavy atom. The van der Waals surface area contributed by atoms with E-state index in [1.165, 1.54) is 6.07 Å². The minimum Gasteiger partial charge on any atom is -0.478 e. The Hall–Kier alpha value is -1.79. The van der Waals surface area contributed by atoms with E-state index in [1.54, 1.807) is 6.92 Å². The first-order valence-corrected chi connectivity index (χ1v) is 5.25. The lowest BCUT2D eigenvalue weighted by molar-refractivity contribution is -0.139. The molecule has 0 saturated carbocycles. The fourth-order valence-corrected chi connectivity index (χ4v) is 1.21. The lowest BCUT2D eigenvalue weighted by atomic mass is 10.2. The molecule has 0 amide bonds. The van der Waals surface area contributed by atoms with Crippen LogP contribution in [0.4, 0.5) is 13.2 Å². The Morgan fingerprint density at radius 2 is 2.11 bits per heavy atom. The Morgan fingerprint density at radius 3 is 2.61 bits per heavy atom. The number of nitrogens with zero attached hydrogens (tertiary/aromatic N) is 1. The van der Waals surface area contributed by atoms with Crippen LogP contribution >= 0.6 is 0 Å². The van der Waals surface area contributed by atoms with Crippen molar-refractivity contribution >= 4 is 5.97 Å². The molecule has 1 aromatic rings. The van der Waals surface area contributed by atoms with Gasteiger partial charge < -0.3 is 9.84 Å². The van der Waals surface area contributed by atoms with Gasteiger partial charge in [0, 0.05) is 11.8 Å². The molecule has 7 heteroatoms. The van der Waals surface area contributed by atoms with Crippen molar-refractivity contribution in [3.63, 3.8) is 0 Å². The topological polar surface area (TPSA) is 59.4 Å². The molecule has 18 heavy (non-hydrogen) atoms. The third-order valence-corrected chi connectivity index (χ3v) is 2.10. The molecule has 1 N–H and O–H groups in total. The number of halogens is 3. The van der Waals surface area contributed by atoms with Crippen molar-refractivity contribution < 1.29 is 27.8 Å². The van der Waals surface area contributed by atoms with E-state index in [4.69, 9.17) is 9.84 Å². The second kappa shape index (κ2) is 5.70. The number of hydrogen-bond donors (Lipinski definition) is 1. The van der Waals surface area contributed by atoms with Crippen molar-refractivity contribution in [2.24, 2.45) is 0 Å². The second-order valence-corrected chi connectivity index (χ2v) is 3.56. The maximum Gasteiger partial charge on any atom is 0.392 e. The third-order valence-electron chi connectivity index (χ3n) is 2.10. The molecule has 0 aliphatic rings. The highest BCUT2D eigenvalue weighted by Crippen LogP contribution is 2.20. The summed E-state index contributed by atoms with van der Waals surface area (Å²) in [6, 6.07) is 2.47. The Kier molecular flexibility index (Phi) is 4.52. The molecule has 0 spiro atoms. The maximum absolute atomic E-state index is 11.9. The first-order valence-electron chi connectivity index (χ1n) is 5.25. The van der Waals surface area contributed by atoms with Crippen molar-refractivity contribution in [2.45, 2.75) is 25.9 Å². The van der Waals surface area contributed by atoms with Gasteiger partial charge in [0.1, 0.15) is 0 Å². The molecule has 0 radical (unpaired) electrons. The van der Waals surface area contributed by atoms with Gasteiger partial charge in [-0.1, -0.05) is 6.92 Å². The molecule has 0 atom stereocenters. The molecule has 1 rings (SSSR count). The minimum atomic E-state index is -4.31. The monoisotopic (exact) mass is 263 g/mol. The van der Waals surface area contributed by atoms with E-state index in [2.05, 4.69) is 4.98 Å². The van der Waals surface area contributed by atoms with Crippen LogP contribution in [0.15, 0.2) is 12.1 Å². The molecular weight excluding hydrogens is 251 g/mol. The molecule has 0 unspecified atom stereocenters. The van der Waals surface area contributed by atoms with Gasteiger partial charge in [-0.25, -0.2) is 9.78 Å². The van der Waals surface area contributed by atoms with Crippen molar-refractivity contribution in [3.05, 3.63) is 23.4 Å². The summed E-state index contributed by atoms with van der Waals surface area (Å²) in [7, 11) is 0. The standard InChI is InChI=1S/C11H12F3NO3/c1-2-8-5-7(10(16)17)6-9(15-8)18-4-3-11(12,13)14/h5-6H,2-4H2,1H3,(H,16,17). The highest BCUT2D eigenvalue weighted by Gasteiger charge is 2.27. The number of carboxylic acids is 1. The number of carbonyl (C=O) groups is 1. The van der Waals surface area contributed by atoms with Gasteiger partial charge in [0.2, 0.25) is 5.88 Å². The van der Waals surface area contributed by atoms with Crippen LogP contribution < -0.4 is 4.74 Å². The van der Waals surface area contributed by atoms with Crippen molar-refractivity contribution in [1.29, 1.82) is 0 Å². The quantitative estimate of drug-likeness (QED) is 0.887. The van der Waals surface area contributed by atoms with E-state index in [-0.39, 0.29) is 11.4 Å². The Labute approximate surface area is 101 Å². The number of aryl methyl sites for hydroxylation is 1. The molecule has 0 aliphatic carbocycles. The highest BCUT2D eigenvalue weighted by molar-refractivity contribution is 5.88. The molecular formula is C11H12F3NO3. The number of hydrogen-bond acceptors (Lipinski definition) is 3. The fourth-order valence-electron chi connectivity index (χ4n) is 1.21. The Balaban J connectivity index is 2.76. The SMILES string of the molecule is CCc1cc(C(=O)O)cc(OCCC(F)(F)F)n1. The lowest BCUT2D eigenvalue weighted by Gasteiger charge is -2.09. The zero-order chi connectivity index (χ0) is 13.8. The molecule has 0 fully saturated rings. The summed E-state index contributed by atoms with van der Waals surface area (Å²) in [5, 5.41) is 8.82. The summed E-state index contributed by atoms with van der Waals surface area (Å²) in [5.41, 5.74) is 0.403. The number of aromatic carboxylic acids is 1. The van der Waals surface area contributed by atoms with E-state index >= 15 is 0 Å². The van der Waals surface area contributed by atoms with Gasteiger partial charge in [0.25, 0.3) is 0 Å². The zero-order valence-corrected chi connectivity index (χ0v) is 9.62. The predicted octanol–water partition coefficient (Wildman–Crippen LogP) is 2.67. The van der Waals surface area contributed by atoms with Gasteiger partial charge >= 0.3 is 12.1 Å². The third kappa shape index (κ3) is 4.60. The summed E-state index contributed by atoms with van der Waals surface area (Å²) in [5.74, 6) is -1.27. The van der Waals surface area contributed by atoms with E-state index in [1.807, 2.05) is 0 Å². The van der Waals surface area contributed by atoms with E-state index in [0.717, 1.165) is 6.07 Å². The highest BCUT2D eigenvalue weighted by atomic mass is 19.4. The second-order valence-electron chi connectivity index (χ2n) is 3.56. The molecule has 0 aliphatic heterocycles. The van der Waals surface area contributed by atoms with Gasteiger partial charge in [-0.15, -0.1) is 0 Å². The van der Waals surface area contributed by atoms with Crippen molar-refractivity contribution in [1.82, 2.24) is 4.98 Å². The maximum atomic E-state index is 11.9. The normalized spacial score (nSPS) is 11.3. The molecule has 4 nitrogen and oxygen atoms in total. The molecule has 0 saturated heterocycles. The number of pyridine rings is 1. The summed E-state index contributed by atoms with van der Waals surface area (Å²) in [4.78, 5) is 14.7. The summed E-state index contributed by atoms with van der Waals surface area (Å²) in [6.45, 7) is 1.18. The molecule has 100 valence electrons. The number of carboxylic acid groups (broad SMARTS) is 1. The number of aromatic nitrogens is 1. The van der Waals surface area contributed by atoms with Crippen LogP contribution in [0.25, 0.3) is 0 Å². The summed E-state index contributed by atoms with van der Waals surface area (Å²) in [6.07, 6.45) is -4.94. The van der Waals surface area contributed by atoms with Crippen molar-refractivity contribution in [2.75, 3.05) is 6.61 Å². The lowest BCUT2D eigenvalue weighted by Crippen LogP contribution is -2.14. The Bertz CT molecular complexity index is 432. The molecule has 0 aromatic carbocycles. The molecule has 1 heterocycles. The van der Waals surface area contributed by atoms with Crippen LogP contribution in [0, 0.1) is 0 Å². The number of alkyl halides is 3. The van der Waals surface area contributed by atoms with E-state index in [9.17, 15) is 18.0 Å².